The van der Waals surface area contributed by atoms with Crippen molar-refractivity contribution in [3.8, 4) is 28.4 Å². The highest BCUT2D eigenvalue weighted by Crippen LogP contribution is 2.39. The molecular weight excluding hydrogens is 516 g/mol. The smallest absolute Gasteiger partial charge is 0.493 e. The van der Waals surface area contributed by atoms with Gasteiger partial charge in [0.1, 0.15) is 5.75 Å². The van der Waals surface area contributed by atoms with Gasteiger partial charge in [-0.15, -0.1) is 0 Å². The van der Waals surface area contributed by atoms with Crippen molar-refractivity contribution in [2.45, 2.75) is 26.7 Å². The summed E-state index contributed by atoms with van der Waals surface area (Å²) in [5.41, 5.74) is 12.9. The second-order valence-electron chi connectivity index (χ2n) is 9.97. The number of ether oxygens (including phenoxy) is 2. The minimum Gasteiger partial charge on any atom is -0.493 e. The highest BCUT2D eigenvalue weighted by atomic mass is 16.7. The predicted octanol–water partition coefficient (Wildman–Crippen LogP) is 7.44. The lowest BCUT2D eigenvalue weighted by Crippen LogP contribution is -2.06. The molecule has 0 fully saturated rings. The number of hydrogen-bond acceptors (Lipinski definition) is 5. The Bertz CT molecular complexity index is 1900. The highest BCUT2D eigenvalue weighted by molar-refractivity contribution is 5.99. The molecule has 8 heteroatoms. The molecule has 0 aliphatic heterocycles. The zero-order chi connectivity index (χ0) is 28.5. The molecule has 6 aromatic rings. The number of H-pyrrole nitrogens is 1. The Hall–Kier alpha value is -5.24. The number of aromatic nitrogens is 3. The van der Waals surface area contributed by atoms with Crippen LogP contribution >= 0.6 is 0 Å². The summed E-state index contributed by atoms with van der Waals surface area (Å²) in [5, 5.41) is 17.3. The fourth-order valence-corrected chi connectivity index (χ4v) is 5.58. The van der Waals surface area contributed by atoms with Gasteiger partial charge in [-0.2, -0.15) is 5.10 Å². The van der Waals surface area contributed by atoms with Crippen molar-refractivity contribution in [3.63, 3.8) is 0 Å². The number of para-hydroxylation sites is 3. The molecule has 0 spiro atoms. The van der Waals surface area contributed by atoms with Gasteiger partial charge >= 0.3 is 6.16 Å². The number of carbonyl (C=O) groups is 1. The van der Waals surface area contributed by atoms with Crippen molar-refractivity contribution in [1.82, 2.24) is 14.8 Å². The van der Waals surface area contributed by atoms with Crippen LogP contribution in [0.5, 0.6) is 11.6 Å². The number of benzene rings is 4. The van der Waals surface area contributed by atoms with Crippen LogP contribution in [0.1, 0.15) is 23.4 Å². The van der Waals surface area contributed by atoms with Crippen LogP contribution in [0.3, 0.4) is 0 Å². The maximum atomic E-state index is 11.6. The third kappa shape index (κ3) is 4.84. The molecular formula is C33H30N4O4. The first kappa shape index (κ1) is 26.0. The number of fused-ring (bicyclic) bond motifs is 2. The summed E-state index contributed by atoms with van der Waals surface area (Å²) in [5.74, 6) is 1.05. The SMILES string of the molecule is Cc1nn(-c2ccccc2N)c(C)c1-c1cccc2c(CCCOc3cccc4ccccc34)c(OC(=O)O)[nH]c12. The summed E-state index contributed by atoms with van der Waals surface area (Å²) in [6.07, 6.45) is -0.139. The van der Waals surface area contributed by atoms with Crippen molar-refractivity contribution in [3.05, 3.63) is 102 Å². The molecule has 8 nitrogen and oxygen atoms in total. The fourth-order valence-electron chi connectivity index (χ4n) is 5.58. The molecule has 4 N–H and O–H groups in total. The molecule has 2 aromatic heterocycles. The van der Waals surface area contributed by atoms with Gasteiger partial charge in [-0.3, -0.25) is 0 Å². The van der Waals surface area contributed by atoms with E-state index in [0.29, 0.717) is 25.1 Å². The molecule has 2 heterocycles. The molecule has 0 unspecified atom stereocenters. The summed E-state index contributed by atoms with van der Waals surface area (Å²) < 4.78 is 13.2. The fraction of sp³-hybridized carbons (Fsp3) is 0.152. The van der Waals surface area contributed by atoms with E-state index in [1.54, 1.807) is 0 Å². The van der Waals surface area contributed by atoms with E-state index < -0.39 is 6.16 Å². The van der Waals surface area contributed by atoms with Gasteiger partial charge in [0.05, 0.1) is 29.2 Å². The Morgan fingerprint density at radius 1 is 0.951 bits per heavy atom. The average Bonchev–Trinajstić information content (AvgIpc) is 3.46. The molecule has 0 aliphatic carbocycles. The molecule has 206 valence electrons. The number of aromatic amines is 1. The van der Waals surface area contributed by atoms with Crippen molar-refractivity contribution < 1.29 is 19.4 Å². The standard InChI is InChI=1S/C33H30N4O4/c1-20-30(21(2)37(36-20)28-17-6-5-16-27(28)34)26-14-8-13-24-25(32(35-31(24)26)41-33(38)39)15-9-19-40-29-18-7-11-22-10-3-4-12-23(22)29/h3-8,10-14,16-18,35H,9,15,19,34H2,1-2H3,(H,38,39). The van der Waals surface area contributed by atoms with Crippen LogP contribution < -0.4 is 15.2 Å². The quantitative estimate of drug-likeness (QED) is 0.104. The normalized spacial score (nSPS) is 11.3. The van der Waals surface area contributed by atoms with Gasteiger partial charge in [0.2, 0.25) is 5.88 Å². The maximum absolute atomic E-state index is 11.6. The first-order chi connectivity index (χ1) is 19.9. The van der Waals surface area contributed by atoms with Crippen LogP contribution in [0.15, 0.2) is 84.9 Å². The Morgan fingerprint density at radius 3 is 2.51 bits per heavy atom. The summed E-state index contributed by atoms with van der Waals surface area (Å²) in [4.78, 5) is 14.9. The van der Waals surface area contributed by atoms with Crippen LogP contribution in [0, 0.1) is 13.8 Å². The number of aryl methyl sites for hydroxylation is 2. The number of nitrogen functional groups attached to an aromatic ring is 1. The van der Waals surface area contributed by atoms with E-state index in [4.69, 9.17) is 20.3 Å². The summed E-state index contributed by atoms with van der Waals surface area (Å²) >= 11 is 0. The third-order valence-corrected chi connectivity index (χ3v) is 7.40. The van der Waals surface area contributed by atoms with Crippen LogP contribution in [-0.2, 0) is 6.42 Å². The number of anilines is 1. The van der Waals surface area contributed by atoms with Gasteiger partial charge in [-0.25, -0.2) is 9.48 Å². The molecule has 0 aliphatic rings. The molecule has 0 saturated carbocycles. The van der Waals surface area contributed by atoms with E-state index in [9.17, 15) is 9.90 Å². The van der Waals surface area contributed by atoms with Gasteiger partial charge in [0, 0.05) is 33.2 Å². The van der Waals surface area contributed by atoms with E-state index in [0.717, 1.165) is 61.2 Å². The van der Waals surface area contributed by atoms with Gasteiger partial charge < -0.3 is 25.3 Å². The lowest BCUT2D eigenvalue weighted by Gasteiger charge is -2.10. The van der Waals surface area contributed by atoms with Crippen molar-refractivity contribution in [2.24, 2.45) is 0 Å². The van der Waals surface area contributed by atoms with E-state index in [-0.39, 0.29) is 5.88 Å². The molecule has 4 aromatic carbocycles. The lowest BCUT2D eigenvalue weighted by atomic mass is 9.99. The Morgan fingerprint density at radius 2 is 1.68 bits per heavy atom. The van der Waals surface area contributed by atoms with Gasteiger partial charge in [0.25, 0.3) is 0 Å². The molecule has 41 heavy (non-hydrogen) atoms. The maximum Gasteiger partial charge on any atom is 0.512 e. The van der Waals surface area contributed by atoms with Crippen LogP contribution in [0.2, 0.25) is 0 Å². The van der Waals surface area contributed by atoms with E-state index in [2.05, 4.69) is 17.1 Å². The summed E-state index contributed by atoms with van der Waals surface area (Å²) in [6.45, 7) is 4.43. The number of nitrogens with one attached hydrogen (secondary N) is 1. The number of hydrogen-bond donors (Lipinski definition) is 3. The zero-order valence-electron chi connectivity index (χ0n) is 22.8. The van der Waals surface area contributed by atoms with E-state index >= 15 is 0 Å². The summed E-state index contributed by atoms with van der Waals surface area (Å²) in [7, 11) is 0. The van der Waals surface area contributed by atoms with Crippen molar-refractivity contribution in [2.75, 3.05) is 12.3 Å². The Labute approximate surface area is 236 Å². The zero-order valence-corrected chi connectivity index (χ0v) is 22.8. The van der Waals surface area contributed by atoms with E-state index in [1.807, 2.05) is 91.3 Å². The first-order valence-corrected chi connectivity index (χ1v) is 13.5. The number of rotatable bonds is 8. The largest absolute Gasteiger partial charge is 0.512 e. The van der Waals surface area contributed by atoms with Gasteiger partial charge in [-0.05, 0) is 50.3 Å². The van der Waals surface area contributed by atoms with Crippen LogP contribution in [0.4, 0.5) is 10.5 Å². The number of nitrogens with two attached hydrogens (primary N) is 1. The van der Waals surface area contributed by atoms with Crippen molar-refractivity contribution in [1.29, 1.82) is 0 Å². The Balaban J connectivity index is 1.33. The highest BCUT2D eigenvalue weighted by Gasteiger charge is 2.22. The van der Waals surface area contributed by atoms with Crippen molar-refractivity contribution >= 4 is 33.5 Å². The van der Waals surface area contributed by atoms with E-state index in [1.165, 1.54) is 0 Å². The topological polar surface area (TPSA) is 115 Å². The second kappa shape index (κ2) is 10.7. The number of carboxylic acid groups (broad SMARTS) is 1. The lowest BCUT2D eigenvalue weighted by molar-refractivity contribution is 0.142. The molecule has 0 bridgehead atoms. The van der Waals surface area contributed by atoms with Crippen LogP contribution in [0.25, 0.3) is 38.5 Å². The molecule has 0 amide bonds. The first-order valence-electron chi connectivity index (χ1n) is 13.5. The van der Waals surface area contributed by atoms with Crippen LogP contribution in [-0.4, -0.2) is 32.6 Å². The third-order valence-electron chi connectivity index (χ3n) is 7.40. The minimum atomic E-state index is -1.37. The predicted molar refractivity (Wildman–Crippen MR) is 161 cm³/mol. The molecule has 6 rings (SSSR count). The van der Waals surface area contributed by atoms with Gasteiger partial charge in [-0.1, -0.05) is 66.7 Å². The monoisotopic (exact) mass is 546 g/mol. The molecule has 0 saturated heterocycles. The summed E-state index contributed by atoms with van der Waals surface area (Å²) in [6, 6.07) is 27.7. The average molecular weight is 547 g/mol. The Kier molecular flexibility index (Phi) is 6.81. The molecule has 0 radical (unpaired) electrons. The minimum absolute atomic E-state index is 0.222. The number of nitrogens with zero attached hydrogens (tertiary/aromatic N) is 2. The van der Waals surface area contributed by atoms with Gasteiger partial charge in [0.15, 0.2) is 0 Å². The molecule has 0 atom stereocenters. The second-order valence-corrected chi connectivity index (χ2v) is 9.97.